The van der Waals surface area contributed by atoms with Crippen molar-refractivity contribution < 1.29 is 27.8 Å². The second-order valence-electron chi connectivity index (χ2n) is 5.55. The molecule has 2 rings (SSSR count). The highest BCUT2D eigenvalue weighted by Crippen LogP contribution is 2.40. The van der Waals surface area contributed by atoms with E-state index < -0.39 is 29.9 Å². The molecule has 1 unspecified atom stereocenters. The van der Waals surface area contributed by atoms with E-state index in [-0.39, 0.29) is 13.2 Å². The van der Waals surface area contributed by atoms with Crippen molar-refractivity contribution in [2.45, 2.75) is 18.2 Å². The molecule has 2 N–H and O–H groups in total. The summed E-state index contributed by atoms with van der Waals surface area (Å²) in [5.41, 5.74) is -3.38. The van der Waals surface area contributed by atoms with Crippen LogP contribution in [-0.2, 0) is 17.4 Å². The van der Waals surface area contributed by atoms with Crippen molar-refractivity contribution in [1.82, 2.24) is 14.9 Å². The fourth-order valence-electron chi connectivity index (χ4n) is 2.26. The van der Waals surface area contributed by atoms with Crippen LogP contribution in [-0.4, -0.2) is 39.9 Å². The molecular formula is C16H17ClF3N3O3. The van der Waals surface area contributed by atoms with Gasteiger partial charge in [0.05, 0.1) is 13.0 Å². The number of ether oxygens (including phenoxy) is 1. The number of amides is 1. The van der Waals surface area contributed by atoms with E-state index in [1.165, 1.54) is 13.2 Å². The van der Waals surface area contributed by atoms with Gasteiger partial charge in [-0.25, -0.2) is 4.98 Å². The van der Waals surface area contributed by atoms with Gasteiger partial charge in [-0.2, -0.15) is 13.2 Å². The maximum Gasteiger partial charge on any atom is 0.425 e. The Balaban J connectivity index is 1.92. The Kier molecular flexibility index (Phi) is 6.14. The van der Waals surface area contributed by atoms with Gasteiger partial charge in [-0.05, 0) is 24.3 Å². The molecule has 10 heteroatoms. The molecule has 0 saturated heterocycles. The van der Waals surface area contributed by atoms with Crippen LogP contribution < -0.4 is 10.1 Å². The normalized spacial score (nSPS) is 13.9. The maximum atomic E-state index is 13.3. The molecule has 26 heavy (non-hydrogen) atoms. The minimum Gasteiger partial charge on any atom is -0.492 e. The van der Waals surface area contributed by atoms with Crippen molar-refractivity contribution in [1.29, 1.82) is 0 Å². The summed E-state index contributed by atoms with van der Waals surface area (Å²) in [6.45, 7) is 0.0101. The monoisotopic (exact) mass is 391 g/mol. The van der Waals surface area contributed by atoms with Gasteiger partial charge in [0.15, 0.2) is 5.82 Å². The molecule has 2 aromatic rings. The molecule has 0 radical (unpaired) electrons. The van der Waals surface area contributed by atoms with Crippen LogP contribution in [0.3, 0.4) is 0 Å². The number of alkyl halides is 3. The van der Waals surface area contributed by atoms with Crippen molar-refractivity contribution in [2.24, 2.45) is 7.05 Å². The molecule has 0 saturated carbocycles. The molecule has 0 aliphatic carbocycles. The number of aromatic nitrogens is 2. The van der Waals surface area contributed by atoms with E-state index >= 15 is 0 Å². The van der Waals surface area contributed by atoms with Crippen LogP contribution in [0.4, 0.5) is 13.2 Å². The first kappa shape index (κ1) is 20.1. The van der Waals surface area contributed by atoms with Gasteiger partial charge in [-0.3, -0.25) is 4.79 Å². The highest BCUT2D eigenvalue weighted by molar-refractivity contribution is 6.30. The SMILES string of the molecule is Cn1ccnc1C(O)(CC(=O)NCCOc1ccc(Cl)cc1)C(F)(F)F. The Hall–Kier alpha value is -2.26. The zero-order chi connectivity index (χ0) is 19.4. The Morgan fingerprint density at radius 3 is 2.54 bits per heavy atom. The smallest absolute Gasteiger partial charge is 0.425 e. The van der Waals surface area contributed by atoms with Gasteiger partial charge in [0.2, 0.25) is 11.5 Å². The Morgan fingerprint density at radius 1 is 1.35 bits per heavy atom. The Morgan fingerprint density at radius 2 is 2.00 bits per heavy atom. The third-order valence-electron chi connectivity index (χ3n) is 3.58. The van der Waals surface area contributed by atoms with Crippen LogP contribution in [0.5, 0.6) is 5.75 Å². The summed E-state index contributed by atoms with van der Waals surface area (Å²) in [6.07, 6.45) is -3.90. The van der Waals surface area contributed by atoms with Crippen LogP contribution in [0, 0.1) is 0 Å². The molecule has 0 bridgehead atoms. The summed E-state index contributed by atoms with van der Waals surface area (Å²) in [6, 6.07) is 6.47. The lowest BCUT2D eigenvalue weighted by Gasteiger charge is -2.29. The summed E-state index contributed by atoms with van der Waals surface area (Å²) in [4.78, 5) is 15.4. The standard InChI is InChI=1S/C16H17ClF3N3O3/c1-23-8-6-22-14(23)15(25,16(18,19)20)10-13(24)21-7-9-26-12-4-2-11(17)3-5-12/h2-6,8,25H,7,9-10H2,1H3,(H,21,24). The van der Waals surface area contributed by atoms with Gasteiger partial charge in [-0.1, -0.05) is 11.6 Å². The summed E-state index contributed by atoms with van der Waals surface area (Å²) in [7, 11) is 1.30. The summed E-state index contributed by atoms with van der Waals surface area (Å²) in [5.74, 6) is -1.13. The second kappa shape index (κ2) is 7.96. The summed E-state index contributed by atoms with van der Waals surface area (Å²) >= 11 is 5.73. The predicted molar refractivity (Wildman–Crippen MR) is 87.7 cm³/mol. The van der Waals surface area contributed by atoms with Gasteiger partial charge in [-0.15, -0.1) is 0 Å². The predicted octanol–water partition coefficient (Wildman–Crippen LogP) is 2.41. The number of aryl methyl sites for hydroxylation is 1. The van der Waals surface area contributed by atoms with E-state index in [0.29, 0.717) is 10.8 Å². The highest BCUT2D eigenvalue weighted by atomic mass is 35.5. The first-order valence-electron chi connectivity index (χ1n) is 7.55. The average Bonchev–Trinajstić information content (AvgIpc) is 2.98. The van der Waals surface area contributed by atoms with Crippen molar-refractivity contribution in [3.8, 4) is 5.75 Å². The molecular weight excluding hydrogens is 375 g/mol. The van der Waals surface area contributed by atoms with E-state index in [1.807, 2.05) is 0 Å². The second-order valence-corrected chi connectivity index (χ2v) is 5.99. The number of halogens is 4. The highest BCUT2D eigenvalue weighted by Gasteiger charge is 2.58. The third kappa shape index (κ3) is 4.67. The first-order valence-corrected chi connectivity index (χ1v) is 7.93. The van der Waals surface area contributed by atoms with Crippen LogP contribution in [0.15, 0.2) is 36.7 Å². The topological polar surface area (TPSA) is 76.4 Å². The molecule has 1 aromatic heterocycles. The number of aliphatic hydroxyl groups is 1. The van der Waals surface area contributed by atoms with E-state index in [4.69, 9.17) is 16.3 Å². The van der Waals surface area contributed by atoms with E-state index in [9.17, 15) is 23.1 Å². The van der Waals surface area contributed by atoms with Crippen molar-refractivity contribution in [3.05, 3.63) is 47.5 Å². The molecule has 1 amide bonds. The minimum absolute atomic E-state index is 0.0318. The fourth-order valence-corrected chi connectivity index (χ4v) is 2.38. The molecule has 0 aliphatic rings. The molecule has 0 spiro atoms. The number of carbonyl (C=O) groups excluding carboxylic acids is 1. The molecule has 1 atom stereocenters. The van der Waals surface area contributed by atoms with E-state index in [0.717, 1.165) is 10.8 Å². The Labute approximate surface area is 152 Å². The molecule has 1 heterocycles. The summed E-state index contributed by atoms with van der Waals surface area (Å²) < 4.78 is 46.3. The van der Waals surface area contributed by atoms with Crippen molar-refractivity contribution in [3.63, 3.8) is 0 Å². The molecule has 142 valence electrons. The molecule has 0 aliphatic heterocycles. The van der Waals surface area contributed by atoms with Gasteiger partial charge in [0.25, 0.3) is 0 Å². The number of nitrogens with zero attached hydrogens (tertiary/aromatic N) is 2. The number of imidazole rings is 1. The van der Waals surface area contributed by atoms with E-state index in [1.54, 1.807) is 24.3 Å². The largest absolute Gasteiger partial charge is 0.492 e. The zero-order valence-electron chi connectivity index (χ0n) is 13.8. The summed E-state index contributed by atoms with van der Waals surface area (Å²) in [5, 5.41) is 12.9. The number of rotatable bonds is 7. The van der Waals surface area contributed by atoms with Crippen molar-refractivity contribution in [2.75, 3.05) is 13.2 Å². The van der Waals surface area contributed by atoms with E-state index in [2.05, 4.69) is 10.3 Å². The molecule has 6 nitrogen and oxygen atoms in total. The molecule has 1 aromatic carbocycles. The number of hydrogen-bond acceptors (Lipinski definition) is 4. The lowest BCUT2D eigenvalue weighted by molar-refractivity contribution is -0.271. The maximum absolute atomic E-state index is 13.3. The quantitative estimate of drug-likeness (QED) is 0.711. The number of carbonyl (C=O) groups is 1. The fraction of sp³-hybridized carbons (Fsp3) is 0.375. The van der Waals surface area contributed by atoms with Gasteiger partial charge in [0.1, 0.15) is 12.4 Å². The number of hydrogen-bond donors (Lipinski definition) is 2. The van der Waals surface area contributed by atoms with Crippen LogP contribution in [0.2, 0.25) is 5.02 Å². The molecule has 0 fully saturated rings. The number of benzene rings is 1. The van der Waals surface area contributed by atoms with Crippen LogP contribution in [0.1, 0.15) is 12.2 Å². The first-order chi connectivity index (χ1) is 12.1. The lowest BCUT2D eigenvalue weighted by Crippen LogP contribution is -2.48. The third-order valence-corrected chi connectivity index (χ3v) is 3.84. The lowest BCUT2D eigenvalue weighted by atomic mass is 9.97. The number of nitrogens with one attached hydrogen (secondary N) is 1. The van der Waals surface area contributed by atoms with Crippen molar-refractivity contribution >= 4 is 17.5 Å². The van der Waals surface area contributed by atoms with Gasteiger partial charge >= 0.3 is 6.18 Å². The minimum atomic E-state index is -5.07. The van der Waals surface area contributed by atoms with Gasteiger partial charge in [0, 0.05) is 24.5 Å². The average molecular weight is 392 g/mol. The Bertz CT molecular complexity index is 749. The zero-order valence-corrected chi connectivity index (χ0v) is 14.5. The van der Waals surface area contributed by atoms with Crippen LogP contribution >= 0.6 is 11.6 Å². The van der Waals surface area contributed by atoms with Gasteiger partial charge < -0.3 is 19.7 Å². The van der Waals surface area contributed by atoms with Crippen LogP contribution in [0.25, 0.3) is 0 Å².